The van der Waals surface area contributed by atoms with Crippen molar-refractivity contribution in [3.63, 3.8) is 0 Å². The first kappa shape index (κ1) is 16.9. The topological polar surface area (TPSA) is 114 Å². The Kier molecular flexibility index (Phi) is 4.88. The van der Waals surface area contributed by atoms with Gasteiger partial charge in [-0.25, -0.2) is 23.1 Å². The van der Waals surface area contributed by atoms with Crippen LogP contribution in [-0.4, -0.2) is 58.8 Å². The molecule has 0 aliphatic carbocycles. The second-order valence-electron chi connectivity index (χ2n) is 5.91. The van der Waals surface area contributed by atoms with Crippen LogP contribution in [0.2, 0.25) is 0 Å². The average molecular weight is 352 g/mol. The number of sulfonamides is 1. The lowest BCUT2D eigenvalue weighted by Gasteiger charge is -2.14. The van der Waals surface area contributed by atoms with Crippen LogP contribution in [0.5, 0.6) is 0 Å². The highest BCUT2D eigenvalue weighted by atomic mass is 32.2. The van der Waals surface area contributed by atoms with E-state index in [0.717, 1.165) is 0 Å². The Labute approximate surface area is 140 Å². The summed E-state index contributed by atoms with van der Waals surface area (Å²) in [5, 5.41) is 3.96. The summed E-state index contributed by atoms with van der Waals surface area (Å²) in [6.07, 6.45) is 5.84. The molecule has 24 heavy (non-hydrogen) atoms. The van der Waals surface area contributed by atoms with E-state index in [-0.39, 0.29) is 17.8 Å². The Bertz CT molecular complexity index is 779. The quantitative estimate of drug-likeness (QED) is 0.804. The number of nitrogens with one attached hydrogen (secondary N) is 1. The molecule has 1 N–H and O–H groups in total. The van der Waals surface area contributed by atoms with Crippen molar-refractivity contribution in [1.82, 2.24) is 29.7 Å². The maximum Gasteiger partial charge on any atom is 0.244 e. The van der Waals surface area contributed by atoms with Crippen molar-refractivity contribution in [2.24, 2.45) is 0 Å². The van der Waals surface area contributed by atoms with E-state index in [9.17, 15) is 8.42 Å². The van der Waals surface area contributed by atoms with Crippen LogP contribution < -0.4 is 4.72 Å². The highest BCUT2D eigenvalue weighted by Gasteiger charge is 2.36. The van der Waals surface area contributed by atoms with E-state index in [1.165, 1.54) is 6.33 Å². The van der Waals surface area contributed by atoms with E-state index < -0.39 is 10.0 Å². The largest absolute Gasteiger partial charge is 0.337 e. The number of nitrogens with zero attached hydrogens (tertiary/aromatic N) is 5. The first-order valence-electron chi connectivity index (χ1n) is 7.77. The number of hydrogen-bond donors (Lipinski definition) is 1. The van der Waals surface area contributed by atoms with E-state index in [1.807, 2.05) is 18.9 Å². The first-order valence-corrected chi connectivity index (χ1v) is 9.43. The Morgan fingerprint density at radius 1 is 1.38 bits per heavy atom. The van der Waals surface area contributed by atoms with Crippen molar-refractivity contribution in [3.8, 4) is 11.4 Å². The van der Waals surface area contributed by atoms with Crippen molar-refractivity contribution < 1.29 is 12.9 Å². The molecule has 0 radical (unpaired) electrons. The van der Waals surface area contributed by atoms with Gasteiger partial charge < -0.3 is 4.52 Å². The van der Waals surface area contributed by atoms with E-state index >= 15 is 0 Å². The zero-order chi connectivity index (χ0) is 17.2. The second kappa shape index (κ2) is 6.91. The van der Waals surface area contributed by atoms with Crippen LogP contribution in [0, 0.1) is 0 Å². The van der Waals surface area contributed by atoms with Gasteiger partial charge in [-0.15, -0.1) is 0 Å². The van der Waals surface area contributed by atoms with Crippen molar-refractivity contribution in [2.45, 2.75) is 31.8 Å². The van der Waals surface area contributed by atoms with Gasteiger partial charge in [0, 0.05) is 25.0 Å². The van der Waals surface area contributed by atoms with Crippen molar-refractivity contribution in [1.29, 1.82) is 0 Å². The molecule has 0 saturated carbocycles. The van der Waals surface area contributed by atoms with Crippen LogP contribution >= 0.6 is 0 Å². The van der Waals surface area contributed by atoms with Crippen molar-refractivity contribution >= 4 is 10.0 Å². The summed E-state index contributed by atoms with van der Waals surface area (Å²) >= 11 is 0. The second-order valence-corrected chi connectivity index (χ2v) is 7.78. The van der Waals surface area contributed by atoms with Crippen molar-refractivity contribution in [3.05, 3.63) is 24.6 Å². The number of aromatic nitrogens is 4. The summed E-state index contributed by atoms with van der Waals surface area (Å²) in [6, 6.07) is -0.280. The fraction of sp³-hybridized carbons (Fsp3) is 0.571. The molecule has 1 aliphatic rings. The lowest BCUT2D eigenvalue weighted by molar-refractivity contribution is 0.244. The van der Waals surface area contributed by atoms with Gasteiger partial charge in [0.1, 0.15) is 6.33 Å². The Hall–Kier alpha value is -1.91. The zero-order valence-electron chi connectivity index (χ0n) is 13.6. The van der Waals surface area contributed by atoms with Gasteiger partial charge in [-0.1, -0.05) is 12.1 Å². The minimum atomic E-state index is -3.24. The molecule has 0 spiro atoms. The molecule has 2 atom stereocenters. The maximum absolute atomic E-state index is 11.9. The minimum absolute atomic E-state index is 0.120. The van der Waals surface area contributed by atoms with Crippen molar-refractivity contribution in [2.75, 3.05) is 19.3 Å². The fourth-order valence-electron chi connectivity index (χ4n) is 2.86. The number of rotatable bonds is 6. The predicted octanol–water partition coefficient (Wildman–Crippen LogP) is 0.601. The van der Waals surface area contributed by atoms with Crippen LogP contribution in [0.15, 0.2) is 23.2 Å². The molecule has 130 valence electrons. The van der Waals surface area contributed by atoms with Gasteiger partial charge in [-0.05, 0) is 19.9 Å². The minimum Gasteiger partial charge on any atom is -0.337 e. The molecule has 0 aromatic carbocycles. The monoisotopic (exact) mass is 352 g/mol. The van der Waals surface area contributed by atoms with Gasteiger partial charge in [0.15, 0.2) is 0 Å². The highest BCUT2D eigenvalue weighted by molar-refractivity contribution is 7.89. The molecular weight excluding hydrogens is 332 g/mol. The van der Waals surface area contributed by atoms with E-state index in [0.29, 0.717) is 36.7 Å². The third kappa shape index (κ3) is 3.77. The molecule has 0 unspecified atom stereocenters. The van der Waals surface area contributed by atoms with Crippen LogP contribution in [0.4, 0.5) is 0 Å². The van der Waals surface area contributed by atoms with E-state index in [2.05, 4.69) is 24.8 Å². The third-order valence-corrected chi connectivity index (χ3v) is 5.55. The summed E-state index contributed by atoms with van der Waals surface area (Å²) in [4.78, 5) is 14.3. The molecule has 10 heteroatoms. The summed E-state index contributed by atoms with van der Waals surface area (Å²) in [7, 11) is -1.33. The normalized spacial score (nSPS) is 22.1. The lowest BCUT2D eigenvalue weighted by Crippen LogP contribution is -2.37. The number of likely N-dealkylation sites (N-methyl/N-ethyl adjacent to an activating group) is 1. The first-order chi connectivity index (χ1) is 11.5. The summed E-state index contributed by atoms with van der Waals surface area (Å²) in [5.41, 5.74) is 0.674. The van der Waals surface area contributed by atoms with Gasteiger partial charge in [0.25, 0.3) is 0 Å². The molecule has 0 bridgehead atoms. The van der Waals surface area contributed by atoms with E-state index in [4.69, 9.17) is 4.52 Å². The summed E-state index contributed by atoms with van der Waals surface area (Å²) < 4.78 is 32.0. The lowest BCUT2D eigenvalue weighted by atomic mass is 10.2. The van der Waals surface area contributed by atoms with Gasteiger partial charge in [0.2, 0.25) is 21.7 Å². The Balaban J connectivity index is 1.71. The predicted molar refractivity (Wildman–Crippen MR) is 86.3 cm³/mol. The maximum atomic E-state index is 11.9. The van der Waals surface area contributed by atoms with Crippen LogP contribution in [0.25, 0.3) is 11.4 Å². The molecular formula is C14H20N6O3S. The molecule has 1 saturated heterocycles. The summed E-state index contributed by atoms with van der Waals surface area (Å²) in [6.45, 7) is 2.44. The van der Waals surface area contributed by atoms with Gasteiger partial charge in [0.05, 0.1) is 17.4 Å². The molecule has 2 aromatic rings. The standard InChI is InChI=1S/C14H20N6O3S/c1-3-4-24(21,22)19-11-5-12(20(2)8-11)14-17-13(18-23-14)10-6-15-9-16-7-10/h6-7,9,11-12,19H,3-5,8H2,1-2H3/t11-,12-/m0/s1. The molecule has 0 amide bonds. The van der Waals surface area contributed by atoms with Gasteiger partial charge >= 0.3 is 0 Å². The smallest absolute Gasteiger partial charge is 0.244 e. The Morgan fingerprint density at radius 2 is 2.12 bits per heavy atom. The molecule has 1 fully saturated rings. The van der Waals surface area contributed by atoms with Crippen LogP contribution in [0.1, 0.15) is 31.7 Å². The number of hydrogen-bond acceptors (Lipinski definition) is 8. The zero-order valence-corrected chi connectivity index (χ0v) is 14.4. The molecule has 2 aromatic heterocycles. The van der Waals surface area contributed by atoms with Crippen LogP contribution in [0.3, 0.4) is 0 Å². The van der Waals surface area contributed by atoms with Crippen LogP contribution in [-0.2, 0) is 10.0 Å². The van der Waals surface area contributed by atoms with E-state index in [1.54, 1.807) is 12.4 Å². The fourth-order valence-corrected chi connectivity index (χ4v) is 4.19. The SMILES string of the molecule is CCCS(=O)(=O)N[C@H]1C[C@@H](c2nc(-c3cncnc3)no2)N(C)C1. The summed E-state index contributed by atoms with van der Waals surface area (Å²) in [5.74, 6) is 1.03. The molecule has 1 aliphatic heterocycles. The molecule has 3 rings (SSSR count). The molecule has 9 nitrogen and oxygen atoms in total. The number of likely N-dealkylation sites (tertiary alicyclic amines) is 1. The molecule has 3 heterocycles. The highest BCUT2D eigenvalue weighted by Crippen LogP contribution is 2.31. The third-order valence-electron chi connectivity index (χ3n) is 3.91. The average Bonchev–Trinajstić information content (AvgIpc) is 3.14. The Morgan fingerprint density at radius 3 is 2.83 bits per heavy atom. The van der Waals surface area contributed by atoms with Gasteiger partial charge in [-0.3, -0.25) is 4.90 Å². The van der Waals surface area contributed by atoms with Gasteiger partial charge in [-0.2, -0.15) is 4.98 Å².